The average Bonchev–Trinajstić information content (AvgIpc) is 2.46. The van der Waals surface area contributed by atoms with E-state index in [0.29, 0.717) is 13.2 Å². The number of ether oxygens (including phenoxy) is 2. The maximum Gasteiger partial charge on any atom is 0.161 e. The zero-order chi connectivity index (χ0) is 13.3. The first-order valence-electron chi connectivity index (χ1n) is 7.34. The molecular formula is C16H23BrO2. The molecule has 0 fully saturated rings. The summed E-state index contributed by atoms with van der Waals surface area (Å²) in [6.45, 7) is 1.34. The van der Waals surface area contributed by atoms with Gasteiger partial charge in [-0.3, -0.25) is 0 Å². The highest BCUT2D eigenvalue weighted by Gasteiger charge is 2.11. The van der Waals surface area contributed by atoms with E-state index in [1.54, 1.807) is 0 Å². The summed E-state index contributed by atoms with van der Waals surface area (Å²) >= 11 is 3.47. The standard InChI is InChI=1S/C16H23BrO2/c17-10-6-4-2-1-3-5-7-14-8-9-15-16(13-14)19-12-11-18-15/h8-9,13H,1-7,10-12H2. The minimum Gasteiger partial charge on any atom is -0.486 e. The lowest BCUT2D eigenvalue weighted by Crippen LogP contribution is -2.15. The Morgan fingerprint density at radius 1 is 0.842 bits per heavy atom. The lowest BCUT2D eigenvalue weighted by atomic mass is 10.0. The third-order valence-corrected chi connectivity index (χ3v) is 4.02. The number of unbranched alkanes of at least 4 members (excludes halogenated alkanes) is 5. The Morgan fingerprint density at radius 3 is 2.32 bits per heavy atom. The monoisotopic (exact) mass is 326 g/mol. The highest BCUT2D eigenvalue weighted by atomic mass is 79.9. The zero-order valence-corrected chi connectivity index (χ0v) is 13.1. The fourth-order valence-corrected chi connectivity index (χ4v) is 2.77. The van der Waals surface area contributed by atoms with Gasteiger partial charge in [-0.25, -0.2) is 0 Å². The van der Waals surface area contributed by atoms with E-state index >= 15 is 0 Å². The Kier molecular flexibility index (Phi) is 6.55. The molecule has 2 nitrogen and oxygen atoms in total. The lowest BCUT2D eigenvalue weighted by Gasteiger charge is -2.18. The van der Waals surface area contributed by atoms with Gasteiger partial charge in [-0.2, -0.15) is 0 Å². The Hall–Kier alpha value is -0.700. The minimum atomic E-state index is 0.667. The molecule has 19 heavy (non-hydrogen) atoms. The summed E-state index contributed by atoms with van der Waals surface area (Å²) in [4.78, 5) is 0. The first-order chi connectivity index (χ1) is 9.40. The molecule has 1 heterocycles. The SMILES string of the molecule is BrCCCCCCCCc1ccc2c(c1)OCCO2. The molecule has 0 spiro atoms. The van der Waals surface area contributed by atoms with Gasteiger partial charge in [-0.05, 0) is 37.0 Å². The third-order valence-electron chi connectivity index (χ3n) is 3.46. The summed E-state index contributed by atoms with van der Waals surface area (Å²) in [6.07, 6.45) is 9.14. The Labute approximate surface area is 124 Å². The van der Waals surface area contributed by atoms with Gasteiger partial charge in [-0.15, -0.1) is 0 Å². The predicted octanol–water partition coefficient (Wildman–Crippen LogP) is 4.74. The normalized spacial score (nSPS) is 13.5. The highest BCUT2D eigenvalue weighted by molar-refractivity contribution is 9.09. The van der Waals surface area contributed by atoms with Crippen LogP contribution in [0, 0.1) is 0 Å². The number of halogens is 1. The molecule has 0 radical (unpaired) electrons. The van der Waals surface area contributed by atoms with Crippen molar-refractivity contribution in [3.63, 3.8) is 0 Å². The van der Waals surface area contributed by atoms with Gasteiger partial charge in [0, 0.05) is 5.33 Å². The first-order valence-corrected chi connectivity index (χ1v) is 8.47. The van der Waals surface area contributed by atoms with Gasteiger partial charge < -0.3 is 9.47 Å². The van der Waals surface area contributed by atoms with Crippen LogP contribution < -0.4 is 9.47 Å². The Bertz CT molecular complexity index is 379. The van der Waals surface area contributed by atoms with E-state index in [9.17, 15) is 0 Å². The van der Waals surface area contributed by atoms with E-state index in [4.69, 9.17) is 9.47 Å². The number of rotatable bonds is 8. The molecule has 0 saturated carbocycles. The van der Waals surface area contributed by atoms with Crippen LogP contribution in [0.5, 0.6) is 11.5 Å². The molecule has 0 bridgehead atoms. The molecule has 0 aromatic heterocycles. The van der Waals surface area contributed by atoms with Crippen LogP contribution in [0.25, 0.3) is 0 Å². The number of hydrogen-bond donors (Lipinski definition) is 0. The van der Waals surface area contributed by atoms with Crippen LogP contribution in [0.3, 0.4) is 0 Å². The predicted molar refractivity (Wildman–Crippen MR) is 82.6 cm³/mol. The van der Waals surface area contributed by atoms with E-state index in [0.717, 1.165) is 23.2 Å². The Morgan fingerprint density at radius 2 is 1.53 bits per heavy atom. The summed E-state index contributed by atoms with van der Waals surface area (Å²) in [7, 11) is 0. The second-order valence-electron chi connectivity index (χ2n) is 5.04. The van der Waals surface area contributed by atoms with Crippen molar-refractivity contribution >= 4 is 15.9 Å². The average molecular weight is 327 g/mol. The largest absolute Gasteiger partial charge is 0.486 e. The van der Waals surface area contributed by atoms with Crippen LogP contribution in [0.2, 0.25) is 0 Å². The molecule has 1 aliphatic rings. The number of alkyl halides is 1. The number of fused-ring (bicyclic) bond motifs is 1. The molecule has 0 saturated heterocycles. The smallest absolute Gasteiger partial charge is 0.161 e. The van der Waals surface area contributed by atoms with Crippen molar-refractivity contribution in [2.45, 2.75) is 44.9 Å². The van der Waals surface area contributed by atoms with E-state index < -0.39 is 0 Å². The molecule has 0 unspecified atom stereocenters. The molecule has 106 valence electrons. The number of aryl methyl sites for hydroxylation is 1. The first kappa shape index (κ1) is 14.7. The second kappa shape index (κ2) is 8.47. The highest BCUT2D eigenvalue weighted by Crippen LogP contribution is 2.31. The lowest BCUT2D eigenvalue weighted by molar-refractivity contribution is 0.171. The van der Waals surface area contributed by atoms with E-state index in [1.807, 2.05) is 6.07 Å². The van der Waals surface area contributed by atoms with Gasteiger partial charge >= 0.3 is 0 Å². The maximum absolute atomic E-state index is 5.61. The summed E-state index contributed by atoms with van der Waals surface area (Å²) in [5, 5.41) is 1.14. The zero-order valence-electron chi connectivity index (χ0n) is 11.5. The van der Waals surface area contributed by atoms with Crippen molar-refractivity contribution in [3.8, 4) is 11.5 Å². The van der Waals surface area contributed by atoms with Crippen LogP contribution in [-0.2, 0) is 6.42 Å². The molecule has 0 atom stereocenters. The van der Waals surface area contributed by atoms with Crippen molar-refractivity contribution in [2.75, 3.05) is 18.5 Å². The topological polar surface area (TPSA) is 18.5 Å². The van der Waals surface area contributed by atoms with Crippen molar-refractivity contribution < 1.29 is 9.47 Å². The third kappa shape index (κ3) is 5.06. The van der Waals surface area contributed by atoms with Crippen LogP contribution in [-0.4, -0.2) is 18.5 Å². The van der Waals surface area contributed by atoms with Gasteiger partial charge in [0.1, 0.15) is 13.2 Å². The molecule has 1 aromatic carbocycles. The molecular weight excluding hydrogens is 304 g/mol. The molecule has 1 aliphatic heterocycles. The van der Waals surface area contributed by atoms with Crippen molar-refractivity contribution in [2.24, 2.45) is 0 Å². The van der Waals surface area contributed by atoms with E-state index in [1.165, 1.54) is 44.1 Å². The van der Waals surface area contributed by atoms with Crippen molar-refractivity contribution in [1.29, 1.82) is 0 Å². The minimum absolute atomic E-state index is 0.667. The van der Waals surface area contributed by atoms with Crippen LogP contribution in [0.1, 0.15) is 44.1 Å². The Balaban J connectivity index is 1.66. The quantitative estimate of drug-likeness (QED) is 0.507. The molecule has 2 rings (SSSR count). The molecule has 1 aromatic rings. The van der Waals surface area contributed by atoms with Crippen molar-refractivity contribution in [3.05, 3.63) is 23.8 Å². The molecule has 0 N–H and O–H groups in total. The molecule has 3 heteroatoms. The second-order valence-corrected chi connectivity index (χ2v) is 5.83. The summed E-state index contributed by atoms with van der Waals surface area (Å²) < 4.78 is 11.1. The summed E-state index contributed by atoms with van der Waals surface area (Å²) in [5.74, 6) is 1.81. The van der Waals surface area contributed by atoms with E-state index in [2.05, 4.69) is 28.1 Å². The van der Waals surface area contributed by atoms with Crippen LogP contribution >= 0.6 is 15.9 Å². The van der Waals surface area contributed by atoms with E-state index in [-0.39, 0.29) is 0 Å². The van der Waals surface area contributed by atoms with Gasteiger partial charge in [0.25, 0.3) is 0 Å². The van der Waals surface area contributed by atoms with Crippen LogP contribution in [0.4, 0.5) is 0 Å². The summed E-state index contributed by atoms with van der Waals surface area (Å²) in [6, 6.07) is 6.34. The number of benzene rings is 1. The van der Waals surface area contributed by atoms with Gasteiger partial charge in [0.05, 0.1) is 0 Å². The fourth-order valence-electron chi connectivity index (χ4n) is 2.37. The fraction of sp³-hybridized carbons (Fsp3) is 0.625. The van der Waals surface area contributed by atoms with Gasteiger partial charge in [-0.1, -0.05) is 47.7 Å². The van der Waals surface area contributed by atoms with Crippen molar-refractivity contribution in [1.82, 2.24) is 0 Å². The maximum atomic E-state index is 5.61. The molecule has 0 amide bonds. The van der Waals surface area contributed by atoms with Gasteiger partial charge in [0.2, 0.25) is 0 Å². The molecule has 0 aliphatic carbocycles. The summed E-state index contributed by atoms with van der Waals surface area (Å²) in [5.41, 5.74) is 1.37. The number of hydrogen-bond acceptors (Lipinski definition) is 2. The van der Waals surface area contributed by atoms with Gasteiger partial charge in [0.15, 0.2) is 11.5 Å². The van der Waals surface area contributed by atoms with Crippen LogP contribution in [0.15, 0.2) is 18.2 Å².